The van der Waals surface area contributed by atoms with Gasteiger partial charge in [0.2, 0.25) is 5.95 Å². The van der Waals surface area contributed by atoms with Gasteiger partial charge in [-0.2, -0.15) is 0 Å². The second kappa shape index (κ2) is 8.51. The van der Waals surface area contributed by atoms with Crippen molar-refractivity contribution in [3.8, 4) is 5.75 Å². The van der Waals surface area contributed by atoms with Crippen molar-refractivity contribution in [1.29, 1.82) is 0 Å². The molecule has 9 nitrogen and oxygen atoms in total. The number of pyridine rings is 2. The normalized spacial score (nSPS) is 13.8. The van der Waals surface area contributed by atoms with E-state index in [1.165, 1.54) is 6.20 Å². The lowest BCUT2D eigenvalue weighted by molar-refractivity contribution is 0.102. The Morgan fingerprint density at radius 2 is 1.69 bits per heavy atom. The summed E-state index contributed by atoms with van der Waals surface area (Å²) >= 11 is 0. The Hall–Kier alpha value is -3.75. The molecule has 0 unspecified atom stereocenters. The highest BCUT2D eigenvalue weighted by Crippen LogP contribution is 2.17. The molecule has 3 aromatic heterocycles. The van der Waals surface area contributed by atoms with Crippen LogP contribution in [-0.4, -0.2) is 59.1 Å². The van der Waals surface area contributed by atoms with Crippen LogP contribution < -0.4 is 19.9 Å². The topological polar surface area (TPSA) is 96.4 Å². The molecule has 0 aliphatic carbocycles. The molecule has 0 radical (unpaired) electrons. The van der Waals surface area contributed by atoms with Gasteiger partial charge in [-0.3, -0.25) is 4.79 Å². The summed E-state index contributed by atoms with van der Waals surface area (Å²) in [5.74, 6) is 1.90. The number of hydrogen-bond donors (Lipinski definition) is 1. The fourth-order valence-electron chi connectivity index (χ4n) is 3.06. The molecule has 1 aliphatic heterocycles. The van der Waals surface area contributed by atoms with Crippen molar-refractivity contribution in [1.82, 2.24) is 19.9 Å². The molecule has 9 heteroatoms. The Bertz CT molecular complexity index is 941. The van der Waals surface area contributed by atoms with Gasteiger partial charge in [-0.05, 0) is 24.3 Å². The zero-order valence-electron chi connectivity index (χ0n) is 16.0. The van der Waals surface area contributed by atoms with Gasteiger partial charge in [0.05, 0.1) is 31.4 Å². The number of ether oxygens (including phenoxy) is 1. The largest absolute Gasteiger partial charge is 0.495 e. The second-order valence-corrected chi connectivity index (χ2v) is 6.47. The summed E-state index contributed by atoms with van der Waals surface area (Å²) in [6, 6.07) is 9.21. The van der Waals surface area contributed by atoms with E-state index in [9.17, 15) is 4.79 Å². The summed E-state index contributed by atoms with van der Waals surface area (Å²) < 4.78 is 5.04. The van der Waals surface area contributed by atoms with Crippen molar-refractivity contribution in [2.75, 3.05) is 48.4 Å². The summed E-state index contributed by atoms with van der Waals surface area (Å²) in [6.45, 7) is 3.31. The fraction of sp³-hybridized carbons (Fsp3) is 0.250. The summed E-state index contributed by atoms with van der Waals surface area (Å²) in [6.07, 6.45) is 6.52. The Labute approximate surface area is 168 Å². The van der Waals surface area contributed by atoms with Crippen LogP contribution in [0.25, 0.3) is 0 Å². The van der Waals surface area contributed by atoms with Crippen LogP contribution >= 0.6 is 0 Å². The molecule has 3 aromatic rings. The zero-order chi connectivity index (χ0) is 20.1. The first-order valence-corrected chi connectivity index (χ1v) is 9.27. The Balaban J connectivity index is 1.34. The number of methoxy groups -OCH3 is 1. The number of hydrogen-bond acceptors (Lipinski definition) is 8. The average molecular weight is 391 g/mol. The van der Waals surface area contributed by atoms with E-state index >= 15 is 0 Å². The van der Waals surface area contributed by atoms with E-state index in [0.717, 1.165) is 32.0 Å². The van der Waals surface area contributed by atoms with Crippen molar-refractivity contribution in [2.24, 2.45) is 0 Å². The quantitative estimate of drug-likeness (QED) is 0.704. The van der Waals surface area contributed by atoms with Gasteiger partial charge in [-0.15, -0.1) is 0 Å². The number of nitrogens with zero attached hydrogens (tertiary/aromatic N) is 6. The van der Waals surface area contributed by atoms with Crippen LogP contribution in [0.5, 0.6) is 5.75 Å². The molecule has 0 atom stereocenters. The Morgan fingerprint density at radius 1 is 0.931 bits per heavy atom. The molecule has 148 valence electrons. The molecule has 1 N–H and O–H groups in total. The number of piperazine rings is 1. The summed E-state index contributed by atoms with van der Waals surface area (Å²) in [7, 11) is 1.55. The molecule has 0 aromatic carbocycles. The van der Waals surface area contributed by atoms with E-state index in [-0.39, 0.29) is 5.91 Å². The van der Waals surface area contributed by atoms with Crippen LogP contribution in [0.3, 0.4) is 0 Å². The molecule has 0 bridgehead atoms. The van der Waals surface area contributed by atoms with E-state index in [2.05, 4.69) is 35.1 Å². The number of carbonyl (C=O) groups is 1. The van der Waals surface area contributed by atoms with Gasteiger partial charge < -0.3 is 19.9 Å². The fourth-order valence-corrected chi connectivity index (χ4v) is 3.06. The molecule has 29 heavy (non-hydrogen) atoms. The molecule has 0 spiro atoms. The smallest absolute Gasteiger partial charge is 0.274 e. The molecule has 1 fully saturated rings. The maximum Gasteiger partial charge on any atom is 0.274 e. The van der Waals surface area contributed by atoms with Crippen LogP contribution in [0.4, 0.5) is 17.5 Å². The van der Waals surface area contributed by atoms with Crippen LogP contribution in [0.1, 0.15) is 10.5 Å². The van der Waals surface area contributed by atoms with Crippen LogP contribution in [0.2, 0.25) is 0 Å². The van der Waals surface area contributed by atoms with Crippen molar-refractivity contribution in [3.05, 3.63) is 60.8 Å². The number of nitrogens with one attached hydrogen (secondary N) is 1. The summed E-state index contributed by atoms with van der Waals surface area (Å²) in [5, 5.41) is 2.75. The number of aromatic nitrogens is 4. The van der Waals surface area contributed by atoms with E-state index in [1.54, 1.807) is 37.8 Å². The zero-order valence-corrected chi connectivity index (χ0v) is 16.0. The minimum atomic E-state index is -0.326. The lowest BCUT2D eigenvalue weighted by atomic mass is 10.3. The van der Waals surface area contributed by atoms with Gasteiger partial charge in [0.15, 0.2) is 0 Å². The van der Waals surface area contributed by atoms with E-state index in [0.29, 0.717) is 23.1 Å². The minimum absolute atomic E-state index is 0.292. The number of amides is 1. The highest BCUT2D eigenvalue weighted by Gasteiger charge is 2.20. The first-order chi connectivity index (χ1) is 14.2. The monoisotopic (exact) mass is 391 g/mol. The Morgan fingerprint density at radius 3 is 2.31 bits per heavy atom. The van der Waals surface area contributed by atoms with Gasteiger partial charge in [-0.1, -0.05) is 6.07 Å². The predicted octanol–water partition coefficient (Wildman–Crippen LogP) is 1.85. The lowest BCUT2D eigenvalue weighted by Crippen LogP contribution is -2.47. The third kappa shape index (κ3) is 4.40. The molecule has 1 amide bonds. The van der Waals surface area contributed by atoms with Crippen molar-refractivity contribution in [2.45, 2.75) is 0 Å². The maximum absolute atomic E-state index is 12.3. The third-order valence-corrected chi connectivity index (χ3v) is 4.64. The minimum Gasteiger partial charge on any atom is -0.495 e. The molecule has 4 rings (SSSR count). The van der Waals surface area contributed by atoms with Gasteiger partial charge in [0.25, 0.3) is 5.91 Å². The standard InChI is InChI=1S/C20H21N7O2/c1-29-16-5-6-17(22-14-16)19(28)25-15-12-23-20(24-13-15)27-10-8-26(9-11-27)18-4-2-3-7-21-18/h2-7,12-14H,8-11H2,1H3,(H,25,28). The average Bonchev–Trinajstić information content (AvgIpc) is 2.80. The van der Waals surface area contributed by atoms with Gasteiger partial charge >= 0.3 is 0 Å². The van der Waals surface area contributed by atoms with Crippen LogP contribution in [-0.2, 0) is 0 Å². The van der Waals surface area contributed by atoms with E-state index < -0.39 is 0 Å². The van der Waals surface area contributed by atoms with Gasteiger partial charge in [0, 0.05) is 32.4 Å². The third-order valence-electron chi connectivity index (χ3n) is 4.64. The molecule has 1 aliphatic rings. The van der Waals surface area contributed by atoms with E-state index in [1.807, 2.05) is 18.2 Å². The first-order valence-electron chi connectivity index (χ1n) is 9.27. The van der Waals surface area contributed by atoms with Gasteiger partial charge in [0.1, 0.15) is 17.3 Å². The molecule has 4 heterocycles. The number of carbonyl (C=O) groups excluding carboxylic acids is 1. The summed E-state index contributed by atoms with van der Waals surface area (Å²) in [4.78, 5) is 33.9. The van der Waals surface area contributed by atoms with Crippen LogP contribution in [0.15, 0.2) is 55.1 Å². The maximum atomic E-state index is 12.3. The second-order valence-electron chi connectivity index (χ2n) is 6.47. The molecule has 0 saturated carbocycles. The van der Waals surface area contributed by atoms with Crippen LogP contribution in [0, 0.1) is 0 Å². The highest BCUT2D eigenvalue weighted by atomic mass is 16.5. The van der Waals surface area contributed by atoms with Crippen molar-refractivity contribution >= 4 is 23.4 Å². The number of anilines is 3. The van der Waals surface area contributed by atoms with Crippen molar-refractivity contribution < 1.29 is 9.53 Å². The SMILES string of the molecule is COc1ccc(C(=O)Nc2cnc(N3CCN(c4ccccn4)CC3)nc2)nc1. The molecule has 1 saturated heterocycles. The highest BCUT2D eigenvalue weighted by molar-refractivity contribution is 6.02. The summed E-state index contributed by atoms with van der Waals surface area (Å²) in [5.41, 5.74) is 0.809. The van der Waals surface area contributed by atoms with Gasteiger partial charge in [-0.25, -0.2) is 19.9 Å². The van der Waals surface area contributed by atoms with E-state index in [4.69, 9.17) is 4.74 Å². The number of rotatable bonds is 5. The predicted molar refractivity (Wildman–Crippen MR) is 109 cm³/mol. The van der Waals surface area contributed by atoms with Crippen molar-refractivity contribution in [3.63, 3.8) is 0 Å². The molecular weight excluding hydrogens is 370 g/mol. The Kier molecular flexibility index (Phi) is 5.46. The first kappa shape index (κ1) is 18.6. The lowest BCUT2D eigenvalue weighted by Gasteiger charge is -2.35. The molecular formula is C20H21N7O2.